The number of methoxy groups -OCH3 is 1. The number of ether oxygens (including phenoxy) is 1. The molecule has 21 heavy (non-hydrogen) atoms. The van der Waals surface area contributed by atoms with Gasteiger partial charge in [0.1, 0.15) is 0 Å². The standard InChI is InChI=1S/C18H16O2S/c1-20-17(18(19)21-2)16-14-9-5-3-7-12(14)11-13-8-4-6-10-15(13)16/h3-11,17H,1-2H3/t17-/m1/s1. The molecule has 0 amide bonds. The van der Waals surface area contributed by atoms with E-state index in [-0.39, 0.29) is 5.12 Å². The summed E-state index contributed by atoms with van der Waals surface area (Å²) in [7, 11) is 1.59. The second kappa shape index (κ2) is 5.88. The van der Waals surface area contributed by atoms with Crippen LogP contribution in [-0.2, 0) is 9.53 Å². The highest BCUT2D eigenvalue weighted by atomic mass is 32.2. The first-order valence-corrected chi connectivity index (χ1v) is 7.99. The largest absolute Gasteiger partial charge is 0.368 e. The second-order valence-corrected chi connectivity index (χ2v) is 5.68. The highest BCUT2D eigenvalue weighted by Crippen LogP contribution is 2.35. The van der Waals surface area contributed by atoms with Gasteiger partial charge in [0, 0.05) is 12.7 Å². The van der Waals surface area contributed by atoms with Gasteiger partial charge < -0.3 is 4.74 Å². The summed E-state index contributed by atoms with van der Waals surface area (Å²) < 4.78 is 5.53. The van der Waals surface area contributed by atoms with E-state index in [1.54, 1.807) is 13.4 Å². The Kier molecular flexibility index (Phi) is 3.95. The lowest BCUT2D eigenvalue weighted by Gasteiger charge is -2.18. The minimum atomic E-state index is -0.545. The molecule has 0 unspecified atom stereocenters. The molecular weight excluding hydrogens is 280 g/mol. The molecule has 0 spiro atoms. The van der Waals surface area contributed by atoms with Crippen molar-refractivity contribution in [2.24, 2.45) is 0 Å². The first-order valence-electron chi connectivity index (χ1n) is 6.77. The number of fused-ring (bicyclic) bond motifs is 2. The fraction of sp³-hybridized carbons (Fsp3) is 0.167. The molecule has 0 N–H and O–H groups in total. The van der Waals surface area contributed by atoms with Crippen LogP contribution >= 0.6 is 11.8 Å². The average molecular weight is 296 g/mol. The van der Waals surface area contributed by atoms with Gasteiger partial charge in [-0.2, -0.15) is 0 Å². The predicted molar refractivity (Wildman–Crippen MR) is 89.7 cm³/mol. The van der Waals surface area contributed by atoms with Crippen LogP contribution in [-0.4, -0.2) is 18.5 Å². The van der Waals surface area contributed by atoms with E-state index >= 15 is 0 Å². The third-order valence-corrected chi connectivity index (χ3v) is 4.34. The summed E-state index contributed by atoms with van der Waals surface area (Å²) in [5, 5.41) is 4.43. The van der Waals surface area contributed by atoms with E-state index < -0.39 is 6.10 Å². The summed E-state index contributed by atoms with van der Waals surface area (Å²) >= 11 is 1.21. The van der Waals surface area contributed by atoms with Gasteiger partial charge in [0.05, 0.1) is 0 Å². The van der Waals surface area contributed by atoms with Gasteiger partial charge in [-0.05, 0) is 33.9 Å². The highest BCUT2D eigenvalue weighted by Gasteiger charge is 2.23. The van der Waals surface area contributed by atoms with E-state index in [2.05, 4.69) is 30.3 Å². The van der Waals surface area contributed by atoms with Gasteiger partial charge in [-0.15, -0.1) is 0 Å². The van der Waals surface area contributed by atoms with Crippen LogP contribution in [0.15, 0.2) is 54.6 Å². The molecule has 0 saturated carbocycles. The van der Waals surface area contributed by atoms with Crippen molar-refractivity contribution in [2.75, 3.05) is 13.4 Å². The van der Waals surface area contributed by atoms with Crippen molar-refractivity contribution in [1.82, 2.24) is 0 Å². The molecule has 0 saturated heterocycles. The van der Waals surface area contributed by atoms with Crippen molar-refractivity contribution in [3.63, 3.8) is 0 Å². The molecule has 0 fully saturated rings. The van der Waals surface area contributed by atoms with E-state index in [0.717, 1.165) is 27.1 Å². The van der Waals surface area contributed by atoms with Crippen LogP contribution in [0.5, 0.6) is 0 Å². The van der Waals surface area contributed by atoms with Crippen LogP contribution in [0.2, 0.25) is 0 Å². The molecule has 0 aliphatic carbocycles. The van der Waals surface area contributed by atoms with Crippen LogP contribution in [0.25, 0.3) is 21.5 Å². The molecule has 0 aromatic heterocycles. The Morgan fingerprint density at radius 2 is 1.52 bits per heavy atom. The Morgan fingerprint density at radius 3 is 2.00 bits per heavy atom. The van der Waals surface area contributed by atoms with Crippen molar-refractivity contribution in [3.8, 4) is 0 Å². The van der Waals surface area contributed by atoms with E-state index in [9.17, 15) is 4.79 Å². The van der Waals surface area contributed by atoms with Crippen LogP contribution < -0.4 is 0 Å². The fourth-order valence-corrected chi connectivity index (χ4v) is 3.20. The smallest absolute Gasteiger partial charge is 0.222 e. The Morgan fingerprint density at radius 1 is 1.00 bits per heavy atom. The second-order valence-electron chi connectivity index (χ2n) is 4.87. The van der Waals surface area contributed by atoms with Crippen molar-refractivity contribution in [1.29, 1.82) is 0 Å². The first kappa shape index (κ1) is 14.1. The predicted octanol–water partition coefficient (Wildman–Crippen LogP) is 4.57. The van der Waals surface area contributed by atoms with E-state index in [1.807, 2.05) is 24.3 Å². The third-order valence-electron chi connectivity index (χ3n) is 3.73. The lowest BCUT2D eigenvalue weighted by atomic mass is 9.94. The van der Waals surface area contributed by atoms with Gasteiger partial charge in [-0.1, -0.05) is 60.3 Å². The highest BCUT2D eigenvalue weighted by molar-refractivity contribution is 8.13. The lowest BCUT2D eigenvalue weighted by Crippen LogP contribution is -2.12. The van der Waals surface area contributed by atoms with Crippen molar-refractivity contribution >= 4 is 38.4 Å². The van der Waals surface area contributed by atoms with Crippen molar-refractivity contribution < 1.29 is 9.53 Å². The Labute approximate surface area is 128 Å². The van der Waals surface area contributed by atoms with Gasteiger partial charge in [0.15, 0.2) is 6.10 Å². The lowest BCUT2D eigenvalue weighted by molar-refractivity contribution is -0.120. The Balaban J connectivity index is 2.42. The molecule has 0 radical (unpaired) electrons. The molecule has 3 heteroatoms. The van der Waals surface area contributed by atoms with Crippen LogP contribution in [0, 0.1) is 0 Å². The van der Waals surface area contributed by atoms with Crippen molar-refractivity contribution in [3.05, 3.63) is 60.2 Å². The zero-order valence-electron chi connectivity index (χ0n) is 12.0. The first-order chi connectivity index (χ1) is 10.3. The van der Waals surface area contributed by atoms with Crippen molar-refractivity contribution in [2.45, 2.75) is 6.10 Å². The Hall–Kier alpha value is -1.84. The molecule has 0 aliphatic rings. The fourth-order valence-electron chi connectivity index (χ4n) is 2.77. The number of rotatable bonds is 3. The summed E-state index contributed by atoms with van der Waals surface area (Å²) in [5.74, 6) is 0. The van der Waals surface area contributed by atoms with Crippen LogP contribution in [0.3, 0.4) is 0 Å². The normalized spacial score (nSPS) is 12.7. The maximum atomic E-state index is 12.3. The van der Waals surface area contributed by atoms with Gasteiger partial charge in [0.2, 0.25) is 5.12 Å². The molecule has 3 aromatic carbocycles. The molecule has 0 aliphatic heterocycles. The summed E-state index contributed by atoms with van der Waals surface area (Å²) in [4.78, 5) is 12.3. The minimum absolute atomic E-state index is 0.0269. The van der Waals surface area contributed by atoms with Gasteiger partial charge in [0.25, 0.3) is 0 Å². The molecule has 0 heterocycles. The number of thioether (sulfide) groups is 1. The van der Waals surface area contributed by atoms with E-state index in [0.29, 0.717) is 0 Å². The molecule has 0 bridgehead atoms. The monoisotopic (exact) mass is 296 g/mol. The molecule has 2 nitrogen and oxygen atoms in total. The molecule has 106 valence electrons. The average Bonchev–Trinajstić information content (AvgIpc) is 2.54. The molecule has 1 atom stereocenters. The van der Waals surface area contributed by atoms with Gasteiger partial charge in [-0.25, -0.2) is 0 Å². The minimum Gasteiger partial charge on any atom is -0.368 e. The summed E-state index contributed by atoms with van der Waals surface area (Å²) in [5.41, 5.74) is 0.963. The van der Waals surface area contributed by atoms with Gasteiger partial charge in [-0.3, -0.25) is 4.79 Å². The van der Waals surface area contributed by atoms with Crippen LogP contribution in [0.1, 0.15) is 11.7 Å². The zero-order valence-corrected chi connectivity index (χ0v) is 12.8. The maximum Gasteiger partial charge on any atom is 0.222 e. The van der Waals surface area contributed by atoms with E-state index in [4.69, 9.17) is 4.74 Å². The topological polar surface area (TPSA) is 26.3 Å². The number of hydrogen-bond donors (Lipinski definition) is 0. The number of hydrogen-bond acceptors (Lipinski definition) is 3. The SMILES string of the molecule is CO[C@@H](C(=O)SC)c1c2ccccc2cc2ccccc12. The molecule has 3 aromatic rings. The number of carbonyl (C=O) groups is 1. The van der Waals surface area contributed by atoms with Crippen LogP contribution in [0.4, 0.5) is 0 Å². The third kappa shape index (κ3) is 2.43. The Bertz CT molecular complexity index is 757. The van der Waals surface area contributed by atoms with Gasteiger partial charge >= 0.3 is 0 Å². The quantitative estimate of drug-likeness (QED) is 0.662. The number of carbonyl (C=O) groups excluding carboxylic acids is 1. The summed E-state index contributed by atoms with van der Waals surface area (Å²) in [6.45, 7) is 0. The van der Waals surface area contributed by atoms with E-state index in [1.165, 1.54) is 11.8 Å². The maximum absolute atomic E-state index is 12.3. The molecule has 3 rings (SSSR count). The number of benzene rings is 3. The zero-order chi connectivity index (χ0) is 14.8. The molecular formula is C18H16O2S. The summed E-state index contributed by atoms with van der Waals surface area (Å²) in [6.07, 6.45) is 1.25. The summed E-state index contributed by atoms with van der Waals surface area (Å²) in [6, 6.07) is 18.4.